The molecule has 1 aliphatic carbocycles. The SMILES string of the molecule is Cc1nc(SCCNC(=O)C2(C#N)CC2)n[nH]1. The Morgan fingerprint density at radius 1 is 1.71 bits per heavy atom. The van der Waals surface area contributed by atoms with Gasteiger partial charge in [-0.1, -0.05) is 11.8 Å². The van der Waals surface area contributed by atoms with Crippen LogP contribution in [0.5, 0.6) is 0 Å². The molecule has 7 heteroatoms. The molecular weight excluding hydrogens is 238 g/mol. The number of aromatic nitrogens is 3. The van der Waals surface area contributed by atoms with Crippen LogP contribution >= 0.6 is 11.8 Å². The maximum absolute atomic E-state index is 11.6. The van der Waals surface area contributed by atoms with Gasteiger partial charge in [0, 0.05) is 12.3 Å². The Kier molecular flexibility index (Phi) is 3.33. The second-order valence-corrected chi connectivity index (χ2v) is 5.06. The van der Waals surface area contributed by atoms with Crippen molar-refractivity contribution < 1.29 is 4.79 Å². The highest BCUT2D eigenvalue weighted by Crippen LogP contribution is 2.44. The minimum Gasteiger partial charge on any atom is -0.354 e. The van der Waals surface area contributed by atoms with Gasteiger partial charge in [0.2, 0.25) is 11.1 Å². The molecule has 0 atom stereocenters. The van der Waals surface area contributed by atoms with Crippen LogP contribution in [0.1, 0.15) is 18.7 Å². The molecule has 0 aliphatic heterocycles. The molecule has 1 heterocycles. The van der Waals surface area contributed by atoms with E-state index in [1.165, 1.54) is 11.8 Å². The van der Waals surface area contributed by atoms with Crippen LogP contribution in [0.15, 0.2) is 5.16 Å². The fourth-order valence-corrected chi connectivity index (χ4v) is 2.08. The number of nitrogens with zero attached hydrogens (tertiary/aromatic N) is 3. The highest BCUT2D eigenvalue weighted by molar-refractivity contribution is 7.99. The Balaban J connectivity index is 1.67. The Bertz CT molecular complexity index is 460. The Morgan fingerprint density at radius 2 is 2.47 bits per heavy atom. The van der Waals surface area contributed by atoms with E-state index in [1.807, 2.05) is 6.92 Å². The number of aryl methyl sites for hydroxylation is 1. The number of H-pyrrole nitrogens is 1. The van der Waals surface area contributed by atoms with Crippen LogP contribution in [0.3, 0.4) is 0 Å². The minimum atomic E-state index is -0.730. The van der Waals surface area contributed by atoms with E-state index in [9.17, 15) is 4.79 Å². The normalized spacial score (nSPS) is 16.2. The summed E-state index contributed by atoms with van der Waals surface area (Å²) in [5, 5.41) is 19.0. The third kappa shape index (κ3) is 2.77. The molecule has 0 saturated heterocycles. The maximum Gasteiger partial charge on any atom is 0.240 e. The van der Waals surface area contributed by atoms with Gasteiger partial charge in [0.05, 0.1) is 6.07 Å². The van der Waals surface area contributed by atoms with Crippen LogP contribution in [0, 0.1) is 23.7 Å². The standard InChI is InChI=1S/C10H13N5OS/c1-7-13-9(15-14-7)17-5-4-12-8(16)10(6-11)2-3-10/h2-5H2,1H3,(H,12,16)(H,13,14,15). The van der Waals surface area contributed by atoms with E-state index in [0.717, 1.165) is 5.82 Å². The fraction of sp³-hybridized carbons (Fsp3) is 0.600. The van der Waals surface area contributed by atoms with E-state index < -0.39 is 5.41 Å². The summed E-state index contributed by atoms with van der Waals surface area (Å²) in [6.07, 6.45) is 1.37. The van der Waals surface area contributed by atoms with Gasteiger partial charge in [0.15, 0.2) is 0 Å². The molecule has 1 amide bonds. The van der Waals surface area contributed by atoms with Gasteiger partial charge in [-0.05, 0) is 19.8 Å². The molecule has 1 saturated carbocycles. The van der Waals surface area contributed by atoms with Gasteiger partial charge < -0.3 is 5.32 Å². The monoisotopic (exact) mass is 251 g/mol. The third-order valence-electron chi connectivity index (χ3n) is 2.59. The third-order valence-corrected chi connectivity index (χ3v) is 3.44. The summed E-state index contributed by atoms with van der Waals surface area (Å²) in [5.41, 5.74) is -0.730. The summed E-state index contributed by atoms with van der Waals surface area (Å²) < 4.78 is 0. The van der Waals surface area contributed by atoms with E-state index in [-0.39, 0.29) is 5.91 Å². The van der Waals surface area contributed by atoms with Crippen molar-refractivity contribution in [3.05, 3.63) is 5.82 Å². The van der Waals surface area contributed by atoms with E-state index >= 15 is 0 Å². The van der Waals surface area contributed by atoms with Gasteiger partial charge in [0.1, 0.15) is 11.2 Å². The predicted molar refractivity (Wildman–Crippen MR) is 62.1 cm³/mol. The van der Waals surface area contributed by atoms with Crippen molar-refractivity contribution in [1.82, 2.24) is 20.5 Å². The second-order valence-electron chi connectivity index (χ2n) is 4.00. The summed E-state index contributed by atoms with van der Waals surface area (Å²) in [7, 11) is 0. The zero-order chi connectivity index (χ0) is 12.3. The first-order valence-corrected chi connectivity index (χ1v) is 6.36. The number of nitriles is 1. The van der Waals surface area contributed by atoms with E-state index in [1.54, 1.807) is 0 Å². The van der Waals surface area contributed by atoms with E-state index in [0.29, 0.717) is 30.3 Å². The van der Waals surface area contributed by atoms with Crippen molar-refractivity contribution in [2.24, 2.45) is 5.41 Å². The van der Waals surface area contributed by atoms with Gasteiger partial charge in [-0.15, -0.1) is 5.10 Å². The first-order chi connectivity index (χ1) is 8.16. The number of hydrogen-bond donors (Lipinski definition) is 2. The highest BCUT2D eigenvalue weighted by Gasteiger charge is 2.50. The van der Waals surface area contributed by atoms with Crippen molar-refractivity contribution in [3.63, 3.8) is 0 Å². The molecule has 0 spiro atoms. The first kappa shape index (κ1) is 11.9. The van der Waals surface area contributed by atoms with Crippen LogP contribution in [0.25, 0.3) is 0 Å². The van der Waals surface area contributed by atoms with Crippen LogP contribution in [-0.4, -0.2) is 33.4 Å². The van der Waals surface area contributed by atoms with Crippen molar-refractivity contribution in [2.45, 2.75) is 24.9 Å². The number of carbonyl (C=O) groups is 1. The largest absolute Gasteiger partial charge is 0.354 e. The number of hydrogen-bond acceptors (Lipinski definition) is 5. The molecule has 1 aliphatic rings. The number of nitrogens with one attached hydrogen (secondary N) is 2. The summed E-state index contributed by atoms with van der Waals surface area (Å²) in [6.45, 7) is 2.36. The van der Waals surface area contributed by atoms with Crippen molar-refractivity contribution >= 4 is 17.7 Å². The van der Waals surface area contributed by atoms with Crippen molar-refractivity contribution in [2.75, 3.05) is 12.3 Å². The molecule has 0 bridgehead atoms. The zero-order valence-corrected chi connectivity index (χ0v) is 10.3. The highest BCUT2D eigenvalue weighted by atomic mass is 32.2. The van der Waals surface area contributed by atoms with E-state index in [4.69, 9.17) is 5.26 Å². The zero-order valence-electron chi connectivity index (χ0n) is 9.49. The number of carbonyl (C=O) groups excluding carboxylic acids is 1. The summed E-state index contributed by atoms with van der Waals surface area (Å²) in [6, 6.07) is 2.07. The fourth-order valence-electron chi connectivity index (χ4n) is 1.38. The van der Waals surface area contributed by atoms with Gasteiger partial charge >= 0.3 is 0 Å². The molecule has 1 aromatic rings. The summed E-state index contributed by atoms with van der Waals surface area (Å²) in [4.78, 5) is 15.7. The average molecular weight is 251 g/mol. The average Bonchev–Trinajstić information content (AvgIpc) is 3.03. The van der Waals surface area contributed by atoms with Gasteiger partial charge in [0.25, 0.3) is 0 Å². The smallest absolute Gasteiger partial charge is 0.240 e. The molecule has 0 aromatic carbocycles. The Hall–Kier alpha value is -1.55. The molecular formula is C10H13N5OS. The molecule has 2 rings (SSSR count). The number of aromatic amines is 1. The molecule has 90 valence electrons. The van der Waals surface area contributed by atoms with Gasteiger partial charge in [-0.2, -0.15) is 5.26 Å². The number of amides is 1. The van der Waals surface area contributed by atoms with Crippen LogP contribution in [0.2, 0.25) is 0 Å². The quantitative estimate of drug-likeness (QED) is 0.591. The second kappa shape index (κ2) is 4.75. The Labute approximate surface area is 103 Å². The summed E-state index contributed by atoms with van der Waals surface area (Å²) >= 11 is 1.47. The number of rotatable bonds is 5. The molecule has 2 N–H and O–H groups in total. The lowest BCUT2D eigenvalue weighted by atomic mass is 10.1. The number of thioether (sulfide) groups is 1. The lowest BCUT2D eigenvalue weighted by Gasteiger charge is -2.06. The molecule has 0 unspecified atom stereocenters. The molecule has 17 heavy (non-hydrogen) atoms. The lowest BCUT2D eigenvalue weighted by molar-refractivity contribution is -0.124. The molecule has 6 nitrogen and oxygen atoms in total. The van der Waals surface area contributed by atoms with Crippen LogP contribution < -0.4 is 5.32 Å². The van der Waals surface area contributed by atoms with Crippen molar-refractivity contribution in [1.29, 1.82) is 5.26 Å². The van der Waals surface area contributed by atoms with Crippen molar-refractivity contribution in [3.8, 4) is 6.07 Å². The minimum absolute atomic E-state index is 0.147. The first-order valence-electron chi connectivity index (χ1n) is 5.38. The summed E-state index contributed by atoms with van der Waals surface area (Å²) in [5.74, 6) is 1.33. The lowest BCUT2D eigenvalue weighted by Crippen LogP contribution is -2.32. The van der Waals surface area contributed by atoms with Crippen LogP contribution in [0.4, 0.5) is 0 Å². The maximum atomic E-state index is 11.6. The van der Waals surface area contributed by atoms with Crippen LogP contribution in [-0.2, 0) is 4.79 Å². The van der Waals surface area contributed by atoms with E-state index in [2.05, 4.69) is 26.6 Å². The molecule has 0 radical (unpaired) electrons. The molecule has 1 aromatic heterocycles. The van der Waals surface area contributed by atoms with Gasteiger partial charge in [-0.3, -0.25) is 9.89 Å². The predicted octanol–water partition coefficient (Wildman–Crippen LogP) is 0.625. The molecule has 1 fully saturated rings. The van der Waals surface area contributed by atoms with Gasteiger partial charge in [-0.25, -0.2) is 4.98 Å². The Morgan fingerprint density at radius 3 is 3.00 bits per heavy atom. The topological polar surface area (TPSA) is 94.5 Å².